The van der Waals surface area contributed by atoms with E-state index < -0.39 is 0 Å². The fourth-order valence-electron chi connectivity index (χ4n) is 3.00. The number of nitrogens with one attached hydrogen (secondary N) is 1. The van der Waals surface area contributed by atoms with Gasteiger partial charge in [-0.3, -0.25) is 0 Å². The first-order chi connectivity index (χ1) is 9.86. The molecule has 0 saturated carbocycles. The number of nitrogens with two attached hydrogens (primary N) is 1. The van der Waals surface area contributed by atoms with E-state index >= 15 is 0 Å². The molecule has 1 unspecified atom stereocenters. The molecule has 1 atom stereocenters. The highest BCUT2D eigenvalue weighted by molar-refractivity contribution is 5.32. The highest BCUT2D eigenvalue weighted by Crippen LogP contribution is 2.29. The Morgan fingerprint density at radius 1 is 1.00 bits per heavy atom. The summed E-state index contributed by atoms with van der Waals surface area (Å²) in [4.78, 5) is 0. The van der Waals surface area contributed by atoms with Gasteiger partial charge in [-0.05, 0) is 41.5 Å². The molecule has 2 aromatic carbocycles. The van der Waals surface area contributed by atoms with Crippen LogP contribution < -0.4 is 11.1 Å². The maximum atomic E-state index is 5.63. The number of aryl methyl sites for hydroxylation is 1. The smallest absolute Gasteiger partial charge is 0.0326 e. The van der Waals surface area contributed by atoms with Crippen LogP contribution in [0, 0.1) is 0 Å². The Hall–Kier alpha value is -1.64. The van der Waals surface area contributed by atoms with Gasteiger partial charge in [0.15, 0.2) is 0 Å². The molecule has 0 radical (unpaired) electrons. The summed E-state index contributed by atoms with van der Waals surface area (Å²) in [5, 5.41) is 3.70. The first kappa shape index (κ1) is 13.3. The third-order valence-electron chi connectivity index (χ3n) is 4.18. The van der Waals surface area contributed by atoms with E-state index in [-0.39, 0.29) is 0 Å². The zero-order valence-corrected chi connectivity index (χ0v) is 11.8. The van der Waals surface area contributed by atoms with E-state index in [0.29, 0.717) is 12.6 Å². The Balaban J connectivity index is 1.66. The molecule has 2 nitrogen and oxygen atoms in total. The van der Waals surface area contributed by atoms with Crippen LogP contribution in [-0.2, 0) is 19.5 Å². The summed E-state index contributed by atoms with van der Waals surface area (Å²) >= 11 is 0. The minimum Gasteiger partial charge on any atom is -0.326 e. The fourth-order valence-corrected chi connectivity index (χ4v) is 3.00. The third-order valence-corrected chi connectivity index (χ3v) is 4.18. The van der Waals surface area contributed by atoms with Gasteiger partial charge in [0.1, 0.15) is 0 Å². The van der Waals surface area contributed by atoms with Gasteiger partial charge in [-0.1, -0.05) is 48.5 Å². The molecule has 0 fully saturated rings. The molecule has 3 N–H and O–H groups in total. The molecule has 2 aromatic rings. The second-order valence-electron chi connectivity index (χ2n) is 5.55. The van der Waals surface area contributed by atoms with Crippen molar-refractivity contribution in [1.29, 1.82) is 0 Å². The van der Waals surface area contributed by atoms with Crippen LogP contribution in [-0.4, -0.2) is 0 Å². The Morgan fingerprint density at radius 2 is 1.75 bits per heavy atom. The van der Waals surface area contributed by atoms with Crippen molar-refractivity contribution in [2.75, 3.05) is 0 Å². The number of fused-ring (bicyclic) bond motifs is 1. The van der Waals surface area contributed by atoms with Crippen LogP contribution in [0.5, 0.6) is 0 Å². The van der Waals surface area contributed by atoms with Gasteiger partial charge < -0.3 is 11.1 Å². The first-order valence-electron chi connectivity index (χ1n) is 7.46. The summed E-state index contributed by atoms with van der Waals surface area (Å²) in [5.41, 5.74) is 11.1. The van der Waals surface area contributed by atoms with E-state index in [1.54, 1.807) is 0 Å². The fraction of sp³-hybridized carbons (Fsp3) is 0.333. The maximum Gasteiger partial charge on any atom is 0.0326 e. The van der Waals surface area contributed by atoms with Crippen molar-refractivity contribution in [1.82, 2.24) is 5.32 Å². The van der Waals surface area contributed by atoms with Crippen LogP contribution in [0.1, 0.15) is 41.1 Å². The molecule has 1 aliphatic rings. The minimum absolute atomic E-state index is 0.495. The van der Waals surface area contributed by atoms with Crippen LogP contribution in [0.3, 0.4) is 0 Å². The van der Waals surface area contributed by atoms with E-state index in [1.165, 1.54) is 41.5 Å². The molecule has 0 saturated heterocycles. The molecule has 0 amide bonds. The molecule has 1 aliphatic carbocycles. The second kappa shape index (κ2) is 6.21. The zero-order valence-electron chi connectivity index (χ0n) is 11.8. The molecule has 2 heteroatoms. The predicted octanol–water partition coefficient (Wildman–Crippen LogP) is 3.31. The Bertz CT molecular complexity index is 560. The van der Waals surface area contributed by atoms with Crippen LogP contribution >= 0.6 is 0 Å². The van der Waals surface area contributed by atoms with E-state index in [4.69, 9.17) is 5.73 Å². The molecule has 3 rings (SSSR count). The van der Waals surface area contributed by atoms with Crippen LogP contribution in [0.15, 0.2) is 48.5 Å². The molecular weight excluding hydrogens is 244 g/mol. The van der Waals surface area contributed by atoms with E-state index in [1.807, 2.05) is 0 Å². The largest absolute Gasteiger partial charge is 0.326 e. The van der Waals surface area contributed by atoms with Gasteiger partial charge in [-0.25, -0.2) is 0 Å². The first-order valence-corrected chi connectivity index (χ1v) is 7.46. The monoisotopic (exact) mass is 266 g/mol. The van der Waals surface area contributed by atoms with Crippen molar-refractivity contribution in [2.45, 2.75) is 38.4 Å². The Labute approximate surface area is 121 Å². The van der Waals surface area contributed by atoms with Crippen molar-refractivity contribution in [3.63, 3.8) is 0 Å². The lowest BCUT2D eigenvalue weighted by atomic mass is 9.87. The van der Waals surface area contributed by atoms with Crippen molar-refractivity contribution in [2.24, 2.45) is 5.73 Å². The molecule has 0 aliphatic heterocycles. The number of benzene rings is 2. The van der Waals surface area contributed by atoms with E-state index in [0.717, 1.165) is 6.54 Å². The second-order valence-corrected chi connectivity index (χ2v) is 5.55. The molecule has 20 heavy (non-hydrogen) atoms. The standard InChI is InChI=1S/C18H22N2/c19-12-14-8-10-15(11-9-14)13-20-18-7-3-5-16-4-1-2-6-17(16)18/h1-2,4,6,8-11,18,20H,3,5,7,12-13,19H2. The van der Waals surface area contributed by atoms with Gasteiger partial charge in [-0.15, -0.1) is 0 Å². The third kappa shape index (κ3) is 2.92. The Morgan fingerprint density at radius 3 is 2.55 bits per heavy atom. The van der Waals surface area contributed by atoms with Crippen molar-refractivity contribution >= 4 is 0 Å². The molecular formula is C18H22N2. The van der Waals surface area contributed by atoms with E-state index in [2.05, 4.69) is 53.8 Å². The highest BCUT2D eigenvalue weighted by Gasteiger charge is 2.18. The lowest BCUT2D eigenvalue weighted by Gasteiger charge is -2.26. The zero-order chi connectivity index (χ0) is 13.8. The summed E-state index contributed by atoms with van der Waals surface area (Å²) in [6.45, 7) is 1.54. The average molecular weight is 266 g/mol. The van der Waals surface area contributed by atoms with Gasteiger partial charge in [-0.2, -0.15) is 0 Å². The summed E-state index contributed by atoms with van der Waals surface area (Å²) in [6, 6.07) is 17.9. The topological polar surface area (TPSA) is 38.0 Å². The molecule has 0 spiro atoms. The Kier molecular flexibility index (Phi) is 4.14. The van der Waals surface area contributed by atoms with Crippen molar-refractivity contribution < 1.29 is 0 Å². The van der Waals surface area contributed by atoms with Gasteiger partial charge >= 0.3 is 0 Å². The van der Waals surface area contributed by atoms with Crippen molar-refractivity contribution in [3.8, 4) is 0 Å². The highest BCUT2D eigenvalue weighted by atomic mass is 14.9. The molecule has 104 valence electrons. The average Bonchev–Trinajstić information content (AvgIpc) is 2.53. The quantitative estimate of drug-likeness (QED) is 0.891. The minimum atomic E-state index is 0.495. The predicted molar refractivity (Wildman–Crippen MR) is 83.3 cm³/mol. The van der Waals surface area contributed by atoms with Crippen LogP contribution in [0.2, 0.25) is 0 Å². The summed E-state index contributed by atoms with van der Waals surface area (Å²) < 4.78 is 0. The lowest BCUT2D eigenvalue weighted by molar-refractivity contribution is 0.459. The van der Waals surface area contributed by atoms with Gasteiger partial charge in [0, 0.05) is 19.1 Å². The molecule has 0 heterocycles. The van der Waals surface area contributed by atoms with Crippen LogP contribution in [0.4, 0.5) is 0 Å². The molecule has 0 aromatic heterocycles. The normalized spacial score (nSPS) is 17.8. The number of rotatable bonds is 4. The van der Waals surface area contributed by atoms with Gasteiger partial charge in [0.05, 0.1) is 0 Å². The number of hydrogen-bond donors (Lipinski definition) is 2. The van der Waals surface area contributed by atoms with Crippen LogP contribution in [0.25, 0.3) is 0 Å². The lowest BCUT2D eigenvalue weighted by Crippen LogP contribution is -2.24. The van der Waals surface area contributed by atoms with Crippen molar-refractivity contribution in [3.05, 3.63) is 70.8 Å². The van der Waals surface area contributed by atoms with Gasteiger partial charge in [0.2, 0.25) is 0 Å². The molecule has 0 bridgehead atoms. The summed E-state index contributed by atoms with van der Waals surface area (Å²) in [5.74, 6) is 0. The maximum absolute atomic E-state index is 5.63. The number of hydrogen-bond acceptors (Lipinski definition) is 2. The SMILES string of the molecule is NCc1ccc(CNC2CCCc3ccccc32)cc1. The van der Waals surface area contributed by atoms with Gasteiger partial charge in [0.25, 0.3) is 0 Å². The summed E-state index contributed by atoms with van der Waals surface area (Å²) in [7, 11) is 0. The van der Waals surface area contributed by atoms with E-state index in [9.17, 15) is 0 Å². The summed E-state index contributed by atoms with van der Waals surface area (Å²) in [6.07, 6.45) is 3.73.